The van der Waals surface area contributed by atoms with Gasteiger partial charge in [-0.05, 0) is 37.0 Å². The first-order valence-electron chi connectivity index (χ1n) is 6.26. The highest BCUT2D eigenvalue weighted by atomic mass is 32.2. The maximum atomic E-state index is 13.3. The monoisotopic (exact) mass is 310 g/mol. The Labute approximate surface area is 114 Å². The van der Waals surface area contributed by atoms with E-state index in [9.17, 15) is 26.0 Å². The van der Waals surface area contributed by atoms with E-state index in [1.807, 2.05) is 6.92 Å². The van der Waals surface area contributed by atoms with Gasteiger partial charge in [0.25, 0.3) is 0 Å². The van der Waals surface area contributed by atoms with Crippen LogP contribution >= 0.6 is 0 Å². The van der Waals surface area contributed by atoms with Crippen LogP contribution in [0.3, 0.4) is 0 Å². The third-order valence-electron chi connectivity index (χ3n) is 3.74. The fraction of sp³-hybridized carbons (Fsp3) is 0.538. The molecule has 1 aliphatic carbocycles. The van der Waals surface area contributed by atoms with Gasteiger partial charge in [-0.3, -0.25) is 0 Å². The molecule has 0 radical (unpaired) electrons. The number of halogens is 4. The molecule has 0 N–H and O–H groups in total. The molecule has 0 aromatic heterocycles. The summed E-state index contributed by atoms with van der Waals surface area (Å²) in [5, 5.41) is -0.699. The summed E-state index contributed by atoms with van der Waals surface area (Å²) in [6, 6.07) is 1.47. The number of hydrogen-bond donors (Lipinski definition) is 0. The van der Waals surface area contributed by atoms with Gasteiger partial charge < -0.3 is 0 Å². The Balaban J connectivity index is 2.36. The van der Waals surface area contributed by atoms with Crippen molar-refractivity contribution in [3.05, 3.63) is 29.6 Å². The van der Waals surface area contributed by atoms with Gasteiger partial charge in [-0.1, -0.05) is 13.3 Å². The fourth-order valence-electron chi connectivity index (χ4n) is 2.34. The van der Waals surface area contributed by atoms with Crippen LogP contribution in [0, 0.1) is 11.7 Å². The van der Waals surface area contributed by atoms with Crippen molar-refractivity contribution in [1.82, 2.24) is 0 Å². The summed E-state index contributed by atoms with van der Waals surface area (Å²) >= 11 is 0. The minimum atomic E-state index is -4.77. The van der Waals surface area contributed by atoms with Crippen LogP contribution < -0.4 is 0 Å². The van der Waals surface area contributed by atoms with Crippen LogP contribution in [0.4, 0.5) is 17.6 Å². The van der Waals surface area contributed by atoms with Gasteiger partial charge in [0.1, 0.15) is 5.82 Å². The molecule has 0 saturated heterocycles. The molecule has 1 aromatic carbocycles. The lowest BCUT2D eigenvalue weighted by molar-refractivity contribution is -0.137. The van der Waals surface area contributed by atoms with Gasteiger partial charge in [0, 0.05) is 0 Å². The van der Waals surface area contributed by atoms with Crippen molar-refractivity contribution in [2.45, 2.75) is 42.5 Å². The van der Waals surface area contributed by atoms with Gasteiger partial charge in [0.15, 0.2) is 9.84 Å². The summed E-state index contributed by atoms with van der Waals surface area (Å²) in [5.41, 5.74) is -1.28. The van der Waals surface area contributed by atoms with Gasteiger partial charge in [-0.2, -0.15) is 13.2 Å². The molecule has 2 nitrogen and oxygen atoms in total. The second-order valence-corrected chi connectivity index (χ2v) is 7.31. The molecule has 7 heteroatoms. The van der Waals surface area contributed by atoms with E-state index in [0.29, 0.717) is 31.0 Å². The molecular weight excluding hydrogens is 296 g/mol. The predicted molar refractivity (Wildman–Crippen MR) is 65.4 cm³/mol. The Morgan fingerprint density at radius 3 is 2.30 bits per heavy atom. The summed E-state index contributed by atoms with van der Waals surface area (Å²) < 4.78 is 75.4. The lowest BCUT2D eigenvalue weighted by Crippen LogP contribution is -2.35. The van der Waals surface area contributed by atoms with Crippen molar-refractivity contribution in [2.75, 3.05) is 0 Å². The van der Waals surface area contributed by atoms with Crippen molar-refractivity contribution in [2.24, 2.45) is 5.92 Å². The molecule has 0 aliphatic heterocycles. The Morgan fingerprint density at radius 1 is 1.20 bits per heavy atom. The maximum absolute atomic E-state index is 13.3. The first-order chi connectivity index (χ1) is 9.14. The summed E-state index contributed by atoms with van der Waals surface area (Å²) in [4.78, 5) is -0.579. The molecule has 1 aromatic rings. The van der Waals surface area contributed by atoms with Crippen LogP contribution in [0.5, 0.6) is 0 Å². The molecule has 2 rings (SSSR count). The van der Waals surface area contributed by atoms with E-state index < -0.39 is 37.5 Å². The molecule has 0 bridgehead atoms. The zero-order chi connectivity index (χ0) is 15.1. The average molecular weight is 310 g/mol. The van der Waals surface area contributed by atoms with E-state index in [0.717, 1.165) is 6.42 Å². The fourth-order valence-corrected chi connectivity index (χ4v) is 4.35. The lowest BCUT2D eigenvalue weighted by atomic mass is 9.83. The van der Waals surface area contributed by atoms with Crippen LogP contribution in [0.15, 0.2) is 23.1 Å². The quantitative estimate of drug-likeness (QED) is 0.796. The van der Waals surface area contributed by atoms with E-state index in [1.165, 1.54) is 0 Å². The van der Waals surface area contributed by atoms with E-state index in [1.54, 1.807) is 0 Å². The summed E-state index contributed by atoms with van der Waals surface area (Å²) in [6.07, 6.45) is -3.08. The van der Waals surface area contributed by atoms with Crippen molar-refractivity contribution < 1.29 is 26.0 Å². The minimum absolute atomic E-state index is 0.283. The average Bonchev–Trinajstić information content (AvgIpc) is 2.25. The molecule has 112 valence electrons. The largest absolute Gasteiger partial charge is 0.416 e. The van der Waals surface area contributed by atoms with Crippen LogP contribution in [0.25, 0.3) is 0 Å². The number of hydrogen-bond acceptors (Lipinski definition) is 2. The second-order valence-electron chi connectivity index (χ2n) is 5.09. The van der Waals surface area contributed by atoms with Crippen molar-refractivity contribution in [3.8, 4) is 0 Å². The second kappa shape index (κ2) is 5.02. The topological polar surface area (TPSA) is 34.1 Å². The molecule has 0 spiro atoms. The van der Waals surface area contributed by atoms with Gasteiger partial charge >= 0.3 is 6.18 Å². The molecular formula is C13H14F4O2S. The molecule has 0 amide bonds. The zero-order valence-corrected chi connectivity index (χ0v) is 11.6. The summed E-state index contributed by atoms with van der Waals surface area (Å²) in [7, 11) is -3.89. The normalized spacial score (nSPS) is 23.4. The lowest BCUT2D eigenvalue weighted by Gasteiger charge is -2.34. The number of sulfone groups is 1. The van der Waals surface area contributed by atoms with Gasteiger partial charge in [-0.25, -0.2) is 12.8 Å². The Bertz CT molecular complexity index is 601. The third kappa shape index (κ3) is 2.82. The third-order valence-corrected chi connectivity index (χ3v) is 5.89. The molecule has 0 unspecified atom stereocenters. The van der Waals surface area contributed by atoms with Gasteiger partial charge in [-0.15, -0.1) is 0 Å². The van der Waals surface area contributed by atoms with E-state index in [4.69, 9.17) is 0 Å². The predicted octanol–water partition coefficient (Wildman–Crippen LogP) is 3.81. The SMILES string of the molecule is CCC1CC(S(=O)(=O)c2cc(F)cc(C(F)(F)F)c2)C1. The molecule has 1 aliphatic rings. The standard InChI is InChI=1S/C13H14F4O2S/c1-2-8-3-11(4-8)20(18,19)12-6-9(13(15,16)17)5-10(14)7-12/h5-8,11H,2-4H2,1H3. The van der Waals surface area contributed by atoms with Gasteiger partial charge in [0.2, 0.25) is 0 Å². The molecule has 1 saturated carbocycles. The van der Waals surface area contributed by atoms with Crippen molar-refractivity contribution in [1.29, 1.82) is 0 Å². The van der Waals surface area contributed by atoms with Crippen LogP contribution in [0.2, 0.25) is 0 Å². The smallest absolute Gasteiger partial charge is 0.223 e. The van der Waals surface area contributed by atoms with Crippen LogP contribution in [-0.4, -0.2) is 13.7 Å². The molecule has 0 atom stereocenters. The molecule has 0 heterocycles. The van der Waals surface area contributed by atoms with Gasteiger partial charge in [0.05, 0.1) is 15.7 Å². The molecule has 1 fully saturated rings. The molecule has 20 heavy (non-hydrogen) atoms. The highest BCUT2D eigenvalue weighted by Crippen LogP contribution is 2.39. The first kappa shape index (κ1) is 15.3. The van der Waals surface area contributed by atoms with Crippen molar-refractivity contribution >= 4 is 9.84 Å². The Kier molecular flexibility index (Phi) is 3.83. The number of alkyl halides is 3. The van der Waals surface area contributed by atoms with Crippen molar-refractivity contribution in [3.63, 3.8) is 0 Å². The minimum Gasteiger partial charge on any atom is -0.223 e. The highest BCUT2D eigenvalue weighted by Gasteiger charge is 2.40. The van der Waals surface area contributed by atoms with Crippen LogP contribution in [-0.2, 0) is 16.0 Å². The highest BCUT2D eigenvalue weighted by molar-refractivity contribution is 7.92. The maximum Gasteiger partial charge on any atom is 0.416 e. The Hall–Kier alpha value is -1.11. The van der Waals surface area contributed by atoms with Crippen LogP contribution in [0.1, 0.15) is 31.7 Å². The zero-order valence-electron chi connectivity index (χ0n) is 10.7. The number of benzene rings is 1. The van der Waals surface area contributed by atoms with E-state index in [2.05, 4.69) is 0 Å². The number of rotatable bonds is 3. The van der Waals surface area contributed by atoms with E-state index in [-0.39, 0.29) is 5.92 Å². The summed E-state index contributed by atoms with van der Waals surface area (Å²) in [6.45, 7) is 1.93. The summed E-state index contributed by atoms with van der Waals surface area (Å²) in [5.74, 6) is -0.907. The van der Waals surface area contributed by atoms with E-state index >= 15 is 0 Å². The first-order valence-corrected chi connectivity index (χ1v) is 7.81. The Morgan fingerprint density at radius 2 is 1.80 bits per heavy atom.